The third-order valence-electron chi connectivity index (χ3n) is 4.51. The Labute approximate surface area is 123 Å². The predicted octanol–water partition coefficient (Wildman–Crippen LogP) is 1.61. The Morgan fingerprint density at radius 3 is 2.48 bits per heavy atom. The molecule has 0 aliphatic heterocycles. The molecule has 4 atom stereocenters. The molecule has 5 heteroatoms. The van der Waals surface area contributed by atoms with Gasteiger partial charge in [-0.2, -0.15) is 0 Å². The molecule has 4 rings (SSSR count). The van der Waals surface area contributed by atoms with E-state index in [1.165, 1.54) is 0 Å². The van der Waals surface area contributed by atoms with E-state index in [1.54, 1.807) is 6.20 Å². The second-order valence-electron chi connectivity index (χ2n) is 5.72. The van der Waals surface area contributed by atoms with Crippen LogP contribution in [0.4, 0.5) is 0 Å². The van der Waals surface area contributed by atoms with Gasteiger partial charge in [-0.05, 0) is 36.8 Å². The number of hydrogen-bond donors (Lipinski definition) is 2. The molecule has 0 radical (unpaired) electrons. The fourth-order valence-corrected chi connectivity index (χ4v) is 3.49. The summed E-state index contributed by atoms with van der Waals surface area (Å²) in [4.78, 5) is 28.1. The van der Waals surface area contributed by atoms with Crippen LogP contribution in [0.3, 0.4) is 0 Å². The molecular weight excluding hydrogens is 268 g/mol. The van der Waals surface area contributed by atoms with Gasteiger partial charge in [0.2, 0.25) is 5.91 Å². The van der Waals surface area contributed by atoms with Gasteiger partial charge in [-0.25, -0.2) is 0 Å². The number of hydrogen-bond acceptors (Lipinski definition) is 3. The Bertz CT molecular complexity index is 570. The second kappa shape index (κ2) is 5.68. The van der Waals surface area contributed by atoms with E-state index in [0.717, 1.165) is 18.5 Å². The average molecular weight is 286 g/mol. The number of nitrogens with one attached hydrogen (secondary N) is 1. The number of rotatable bonds is 4. The van der Waals surface area contributed by atoms with Crippen LogP contribution in [0.25, 0.3) is 0 Å². The van der Waals surface area contributed by atoms with Crippen LogP contribution in [-0.4, -0.2) is 22.0 Å². The van der Waals surface area contributed by atoms with Crippen molar-refractivity contribution in [1.82, 2.24) is 10.3 Å². The van der Waals surface area contributed by atoms with Crippen LogP contribution in [0.1, 0.15) is 18.5 Å². The first-order chi connectivity index (χ1) is 10.2. The molecular formula is C16H18N2O3. The number of carboxylic acids is 1. The topological polar surface area (TPSA) is 79.3 Å². The summed E-state index contributed by atoms with van der Waals surface area (Å²) in [5.41, 5.74) is 0.772. The van der Waals surface area contributed by atoms with Crippen LogP contribution >= 0.6 is 0 Å². The van der Waals surface area contributed by atoms with E-state index in [-0.39, 0.29) is 17.7 Å². The molecule has 1 fully saturated rings. The lowest BCUT2D eigenvalue weighted by molar-refractivity contribution is -0.153. The van der Waals surface area contributed by atoms with E-state index in [1.807, 2.05) is 30.4 Å². The molecule has 2 N–H and O–H groups in total. The van der Waals surface area contributed by atoms with Gasteiger partial charge in [0.05, 0.1) is 24.1 Å². The number of amides is 1. The molecule has 1 aromatic rings. The van der Waals surface area contributed by atoms with E-state index >= 15 is 0 Å². The Morgan fingerprint density at radius 2 is 1.90 bits per heavy atom. The third kappa shape index (κ3) is 2.68. The monoisotopic (exact) mass is 286 g/mol. The van der Waals surface area contributed by atoms with Crippen molar-refractivity contribution in [3.05, 3.63) is 42.2 Å². The van der Waals surface area contributed by atoms with Gasteiger partial charge >= 0.3 is 5.97 Å². The maximum atomic E-state index is 12.4. The molecule has 21 heavy (non-hydrogen) atoms. The van der Waals surface area contributed by atoms with E-state index in [9.17, 15) is 14.7 Å². The normalized spacial score (nSPS) is 30.1. The van der Waals surface area contributed by atoms with Crippen molar-refractivity contribution >= 4 is 11.9 Å². The van der Waals surface area contributed by atoms with Gasteiger partial charge < -0.3 is 10.4 Å². The number of nitrogens with zero attached hydrogens (tertiary/aromatic N) is 1. The first-order valence-electron chi connectivity index (χ1n) is 7.25. The molecule has 1 amide bonds. The molecule has 0 saturated heterocycles. The maximum Gasteiger partial charge on any atom is 0.307 e. The smallest absolute Gasteiger partial charge is 0.307 e. The van der Waals surface area contributed by atoms with Crippen LogP contribution in [-0.2, 0) is 16.1 Å². The molecule has 110 valence electrons. The fourth-order valence-electron chi connectivity index (χ4n) is 3.49. The van der Waals surface area contributed by atoms with Gasteiger partial charge in [0.25, 0.3) is 0 Å². The van der Waals surface area contributed by atoms with Gasteiger partial charge in [-0.1, -0.05) is 18.2 Å². The van der Waals surface area contributed by atoms with Gasteiger partial charge in [-0.15, -0.1) is 0 Å². The first kappa shape index (κ1) is 13.8. The molecule has 1 saturated carbocycles. The summed E-state index contributed by atoms with van der Waals surface area (Å²) in [7, 11) is 0. The van der Waals surface area contributed by atoms with Crippen molar-refractivity contribution in [3.63, 3.8) is 0 Å². The number of pyridine rings is 1. The lowest BCUT2D eigenvalue weighted by atomic mass is 9.62. The minimum atomic E-state index is -0.868. The number of aromatic nitrogens is 1. The number of allylic oxidation sites excluding steroid dienone is 2. The number of carbonyl (C=O) groups excluding carboxylic acids is 1. The van der Waals surface area contributed by atoms with Crippen molar-refractivity contribution in [3.8, 4) is 0 Å². The number of carboxylic acid groups (broad SMARTS) is 1. The molecule has 3 aliphatic carbocycles. The summed E-state index contributed by atoms with van der Waals surface area (Å²) in [5.74, 6) is -2.08. The highest BCUT2D eigenvalue weighted by Crippen LogP contribution is 2.45. The number of carbonyl (C=O) groups is 2. The predicted molar refractivity (Wildman–Crippen MR) is 76.1 cm³/mol. The average Bonchev–Trinajstić information content (AvgIpc) is 2.53. The van der Waals surface area contributed by atoms with Crippen molar-refractivity contribution < 1.29 is 14.7 Å². The largest absolute Gasteiger partial charge is 0.481 e. The summed E-state index contributed by atoms with van der Waals surface area (Å²) < 4.78 is 0. The Balaban J connectivity index is 1.71. The van der Waals surface area contributed by atoms with Crippen LogP contribution < -0.4 is 5.32 Å². The molecule has 1 heterocycles. The van der Waals surface area contributed by atoms with Crippen LogP contribution in [0.2, 0.25) is 0 Å². The molecule has 0 spiro atoms. The van der Waals surface area contributed by atoms with Gasteiger partial charge in [-0.3, -0.25) is 14.6 Å². The number of fused-ring (bicyclic) bond motifs is 2. The Morgan fingerprint density at radius 1 is 1.19 bits per heavy atom. The molecule has 0 unspecified atom stereocenters. The standard InChI is InChI=1S/C16H18N2O3/c19-15(18-9-12-3-1-2-8-17-12)13-10-4-6-11(7-5-10)14(13)16(20)21/h1-4,6,8,10-11,13-14H,5,7,9H2,(H,18,19)(H,20,21)/t10-,11-,13-,14+/m0/s1. The minimum Gasteiger partial charge on any atom is -0.481 e. The number of aliphatic carboxylic acids is 1. The van der Waals surface area contributed by atoms with Crippen LogP contribution in [0, 0.1) is 23.7 Å². The quantitative estimate of drug-likeness (QED) is 0.824. The molecule has 3 aliphatic rings. The van der Waals surface area contributed by atoms with Crippen molar-refractivity contribution in [1.29, 1.82) is 0 Å². The van der Waals surface area contributed by atoms with Gasteiger partial charge in [0, 0.05) is 6.20 Å². The minimum absolute atomic E-state index is 0.0156. The van der Waals surface area contributed by atoms with E-state index in [4.69, 9.17) is 0 Å². The van der Waals surface area contributed by atoms with Crippen LogP contribution in [0.15, 0.2) is 36.5 Å². The fraction of sp³-hybridized carbons (Fsp3) is 0.438. The highest BCUT2D eigenvalue weighted by atomic mass is 16.4. The Kier molecular flexibility index (Phi) is 3.73. The van der Waals surface area contributed by atoms with Gasteiger partial charge in [0.1, 0.15) is 0 Å². The van der Waals surface area contributed by atoms with E-state index < -0.39 is 17.8 Å². The second-order valence-corrected chi connectivity index (χ2v) is 5.72. The summed E-state index contributed by atoms with van der Waals surface area (Å²) >= 11 is 0. The zero-order chi connectivity index (χ0) is 14.8. The van der Waals surface area contributed by atoms with Crippen molar-refractivity contribution in [2.24, 2.45) is 23.7 Å². The lowest BCUT2D eigenvalue weighted by Crippen LogP contribution is -2.48. The molecule has 2 bridgehead atoms. The summed E-state index contributed by atoms with van der Waals surface area (Å²) in [6, 6.07) is 5.51. The van der Waals surface area contributed by atoms with Crippen LogP contribution in [0.5, 0.6) is 0 Å². The lowest BCUT2D eigenvalue weighted by Gasteiger charge is -2.41. The molecule has 5 nitrogen and oxygen atoms in total. The highest BCUT2D eigenvalue weighted by Gasteiger charge is 2.48. The summed E-state index contributed by atoms with van der Waals surface area (Å²) in [5, 5.41) is 12.3. The molecule has 0 aromatic carbocycles. The van der Waals surface area contributed by atoms with E-state index in [0.29, 0.717) is 6.54 Å². The highest BCUT2D eigenvalue weighted by molar-refractivity contribution is 5.86. The van der Waals surface area contributed by atoms with Gasteiger partial charge in [0.15, 0.2) is 0 Å². The Hall–Kier alpha value is -2.17. The SMILES string of the molecule is O=C(NCc1ccccn1)[C@@H]1[C@H](C(=O)O)[C@H]2C=C[C@H]1CC2. The summed E-state index contributed by atoms with van der Waals surface area (Å²) in [6.45, 7) is 0.337. The molecule has 1 aromatic heterocycles. The maximum absolute atomic E-state index is 12.4. The summed E-state index contributed by atoms with van der Waals surface area (Å²) in [6.07, 6.45) is 7.41. The van der Waals surface area contributed by atoms with E-state index in [2.05, 4.69) is 10.3 Å². The van der Waals surface area contributed by atoms with Crippen molar-refractivity contribution in [2.75, 3.05) is 0 Å². The first-order valence-corrected chi connectivity index (χ1v) is 7.25. The third-order valence-corrected chi connectivity index (χ3v) is 4.51. The zero-order valence-corrected chi connectivity index (χ0v) is 11.6. The van der Waals surface area contributed by atoms with Crippen molar-refractivity contribution in [2.45, 2.75) is 19.4 Å². The zero-order valence-electron chi connectivity index (χ0n) is 11.6.